The summed E-state index contributed by atoms with van der Waals surface area (Å²) in [6.07, 6.45) is 5.80. The molecule has 1 heterocycles. The van der Waals surface area contributed by atoms with Crippen molar-refractivity contribution in [3.05, 3.63) is 45.6 Å². The highest BCUT2D eigenvalue weighted by atomic mass is 16.6. The Kier molecular flexibility index (Phi) is 3.58. The van der Waals surface area contributed by atoms with Crippen LogP contribution in [-0.2, 0) is 0 Å². The number of benzene rings is 1. The number of nitro groups is 1. The number of nitriles is 1. The van der Waals surface area contributed by atoms with E-state index in [1.807, 2.05) is 12.3 Å². The van der Waals surface area contributed by atoms with Gasteiger partial charge in [-0.2, -0.15) is 5.26 Å². The van der Waals surface area contributed by atoms with Crippen LogP contribution in [0.2, 0.25) is 0 Å². The molecule has 18 heavy (non-hydrogen) atoms. The van der Waals surface area contributed by atoms with Crippen molar-refractivity contribution >= 4 is 11.8 Å². The minimum atomic E-state index is -0.454. The number of likely N-dealkylation sites (tertiary alicyclic amines) is 1. The van der Waals surface area contributed by atoms with Gasteiger partial charge in [-0.15, -0.1) is 0 Å². The SMILES string of the molecule is N#Cc1cccc([N+](=O)[O-])c1C=CN1CCCC1. The normalized spacial score (nSPS) is 14.9. The number of rotatable bonds is 3. The van der Waals surface area contributed by atoms with Gasteiger partial charge in [0.1, 0.15) is 6.07 Å². The zero-order valence-corrected chi connectivity index (χ0v) is 9.87. The molecule has 0 unspecified atom stereocenters. The monoisotopic (exact) mass is 243 g/mol. The Balaban J connectivity index is 2.35. The van der Waals surface area contributed by atoms with Crippen molar-refractivity contribution < 1.29 is 4.92 Å². The van der Waals surface area contributed by atoms with Gasteiger partial charge in [0.25, 0.3) is 5.69 Å². The molecule has 0 atom stereocenters. The van der Waals surface area contributed by atoms with E-state index in [1.54, 1.807) is 12.1 Å². The maximum atomic E-state index is 10.9. The van der Waals surface area contributed by atoms with Crippen molar-refractivity contribution in [3.63, 3.8) is 0 Å². The first kappa shape index (κ1) is 12.1. The van der Waals surface area contributed by atoms with Crippen LogP contribution in [0.15, 0.2) is 24.4 Å². The van der Waals surface area contributed by atoms with Gasteiger partial charge < -0.3 is 4.90 Å². The third-order valence-electron chi connectivity index (χ3n) is 2.99. The maximum absolute atomic E-state index is 10.9. The lowest BCUT2D eigenvalue weighted by Crippen LogP contribution is -2.10. The van der Waals surface area contributed by atoms with E-state index in [-0.39, 0.29) is 5.69 Å². The smallest absolute Gasteiger partial charge is 0.277 e. The highest BCUT2D eigenvalue weighted by molar-refractivity contribution is 5.67. The molecule has 0 saturated carbocycles. The number of hydrogen-bond acceptors (Lipinski definition) is 4. The van der Waals surface area contributed by atoms with Gasteiger partial charge in [-0.3, -0.25) is 10.1 Å². The zero-order valence-electron chi connectivity index (χ0n) is 9.87. The third-order valence-corrected chi connectivity index (χ3v) is 2.99. The number of nitro benzene ring substituents is 1. The molecular formula is C13H13N3O2. The van der Waals surface area contributed by atoms with Gasteiger partial charge in [-0.05, 0) is 31.2 Å². The van der Waals surface area contributed by atoms with Crippen LogP contribution in [-0.4, -0.2) is 22.9 Å². The Morgan fingerprint density at radius 2 is 2.11 bits per heavy atom. The highest BCUT2D eigenvalue weighted by Gasteiger charge is 2.15. The summed E-state index contributed by atoms with van der Waals surface area (Å²) in [5.74, 6) is 0. The van der Waals surface area contributed by atoms with Gasteiger partial charge >= 0.3 is 0 Å². The van der Waals surface area contributed by atoms with Gasteiger partial charge in [0.15, 0.2) is 0 Å². The second-order valence-electron chi connectivity index (χ2n) is 4.17. The van der Waals surface area contributed by atoms with E-state index in [0.29, 0.717) is 11.1 Å². The number of nitrogens with zero attached hydrogens (tertiary/aromatic N) is 3. The summed E-state index contributed by atoms with van der Waals surface area (Å²) in [5, 5.41) is 19.9. The van der Waals surface area contributed by atoms with Crippen molar-refractivity contribution in [1.82, 2.24) is 4.90 Å². The maximum Gasteiger partial charge on any atom is 0.277 e. The van der Waals surface area contributed by atoms with Gasteiger partial charge in [0.2, 0.25) is 0 Å². The van der Waals surface area contributed by atoms with Gasteiger partial charge in [-0.1, -0.05) is 6.07 Å². The van der Waals surface area contributed by atoms with Crippen LogP contribution in [0.25, 0.3) is 6.08 Å². The van der Waals surface area contributed by atoms with Crippen molar-refractivity contribution in [2.45, 2.75) is 12.8 Å². The summed E-state index contributed by atoms with van der Waals surface area (Å²) in [5.41, 5.74) is 0.695. The fraction of sp³-hybridized carbons (Fsp3) is 0.308. The van der Waals surface area contributed by atoms with E-state index in [0.717, 1.165) is 25.9 Å². The van der Waals surface area contributed by atoms with Crippen LogP contribution in [0.5, 0.6) is 0 Å². The molecule has 2 rings (SSSR count). The molecule has 0 spiro atoms. The summed E-state index contributed by atoms with van der Waals surface area (Å²) in [7, 11) is 0. The van der Waals surface area contributed by atoms with Gasteiger partial charge in [-0.25, -0.2) is 0 Å². The lowest BCUT2D eigenvalue weighted by Gasteiger charge is -2.10. The summed E-state index contributed by atoms with van der Waals surface area (Å²) in [4.78, 5) is 12.6. The van der Waals surface area contributed by atoms with Crippen LogP contribution in [0.4, 0.5) is 5.69 Å². The van der Waals surface area contributed by atoms with E-state index in [4.69, 9.17) is 5.26 Å². The van der Waals surface area contributed by atoms with Gasteiger partial charge in [0, 0.05) is 19.2 Å². The molecule has 5 heteroatoms. The average molecular weight is 243 g/mol. The molecule has 0 bridgehead atoms. The first-order valence-corrected chi connectivity index (χ1v) is 5.82. The van der Waals surface area contributed by atoms with Crippen molar-refractivity contribution in [3.8, 4) is 6.07 Å². The molecule has 0 N–H and O–H groups in total. The van der Waals surface area contributed by atoms with Gasteiger partial charge in [0.05, 0.1) is 16.1 Å². The summed E-state index contributed by atoms with van der Waals surface area (Å²) >= 11 is 0. The van der Waals surface area contributed by atoms with Crippen LogP contribution in [0, 0.1) is 21.4 Å². The Hall–Kier alpha value is -2.35. The van der Waals surface area contributed by atoms with E-state index in [9.17, 15) is 10.1 Å². The Morgan fingerprint density at radius 1 is 1.39 bits per heavy atom. The lowest BCUT2D eigenvalue weighted by atomic mass is 10.1. The lowest BCUT2D eigenvalue weighted by molar-refractivity contribution is -0.385. The Bertz CT molecular complexity index is 526. The average Bonchev–Trinajstić information content (AvgIpc) is 2.88. The minimum Gasteiger partial charge on any atom is -0.377 e. The standard InChI is InChI=1S/C13H13N3O2/c14-10-11-4-3-5-13(16(17)18)12(11)6-9-15-7-1-2-8-15/h3-6,9H,1-2,7-8H2. The quantitative estimate of drug-likeness (QED) is 0.604. The molecule has 0 radical (unpaired) electrons. The first-order chi connectivity index (χ1) is 8.72. The van der Waals surface area contributed by atoms with E-state index >= 15 is 0 Å². The first-order valence-electron chi connectivity index (χ1n) is 5.82. The molecule has 1 aliphatic heterocycles. The molecule has 92 valence electrons. The third kappa shape index (κ3) is 2.48. The second-order valence-corrected chi connectivity index (χ2v) is 4.17. The molecule has 1 aliphatic rings. The van der Waals surface area contributed by atoms with E-state index < -0.39 is 4.92 Å². The Labute approximate surface area is 105 Å². The van der Waals surface area contributed by atoms with Crippen molar-refractivity contribution in [2.75, 3.05) is 13.1 Å². The summed E-state index contributed by atoms with van der Waals surface area (Å²) in [6.45, 7) is 1.94. The van der Waals surface area contributed by atoms with Crippen LogP contribution >= 0.6 is 0 Å². The van der Waals surface area contributed by atoms with Crippen molar-refractivity contribution in [1.29, 1.82) is 5.26 Å². The molecule has 0 aliphatic carbocycles. The largest absolute Gasteiger partial charge is 0.377 e. The molecule has 0 amide bonds. The highest BCUT2D eigenvalue weighted by Crippen LogP contribution is 2.24. The van der Waals surface area contributed by atoms with E-state index in [2.05, 4.69) is 4.90 Å². The fourth-order valence-electron chi connectivity index (χ4n) is 2.06. The molecule has 1 saturated heterocycles. The fourth-order valence-corrected chi connectivity index (χ4v) is 2.06. The molecule has 5 nitrogen and oxygen atoms in total. The van der Waals surface area contributed by atoms with Crippen molar-refractivity contribution in [2.24, 2.45) is 0 Å². The van der Waals surface area contributed by atoms with E-state index in [1.165, 1.54) is 12.1 Å². The predicted octanol–water partition coefficient (Wildman–Crippen LogP) is 2.53. The van der Waals surface area contributed by atoms with Crippen LogP contribution in [0.1, 0.15) is 24.0 Å². The zero-order chi connectivity index (χ0) is 13.0. The summed E-state index contributed by atoms with van der Waals surface area (Å²) < 4.78 is 0. The molecular weight excluding hydrogens is 230 g/mol. The molecule has 1 fully saturated rings. The van der Waals surface area contributed by atoms with Crippen LogP contribution < -0.4 is 0 Å². The molecule has 0 aromatic heterocycles. The predicted molar refractivity (Wildman–Crippen MR) is 67.7 cm³/mol. The molecule has 1 aromatic carbocycles. The topological polar surface area (TPSA) is 70.2 Å². The minimum absolute atomic E-state index is 0.0236. The summed E-state index contributed by atoms with van der Waals surface area (Å²) in [6, 6.07) is 6.54. The Morgan fingerprint density at radius 3 is 2.72 bits per heavy atom. The van der Waals surface area contributed by atoms with Crippen LogP contribution in [0.3, 0.4) is 0 Å². The molecule has 1 aromatic rings. The number of hydrogen-bond donors (Lipinski definition) is 0. The second kappa shape index (κ2) is 5.32.